The first-order valence-electron chi connectivity index (χ1n) is 16.4. The van der Waals surface area contributed by atoms with E-state index in [0.29, 0.717) is 72.4 Å². The Hall–Kier alpha value is -4.28. The van der Waals surface area contributed by atoms with Crippen LogP contribution >= 0.6 is 0 Å². The topological polar surface area (TPSA) is 159 Å². The summed E-state index contributed by atoms with van der Waals surface area (Å²) < 4.78 is 21.9. The summed E-state index contributed by atoms with van der Waals surface area (Å²) in [7, 11) is 0. The van der Waals surface area contributed by atoms with Crippen molar-refractivity contribution in [1.29, 1.82) is 0 Å². The molecule has 1 atom stereocenters. The molecule has 260 valence electrons. The molecule has 0 radical (unpaired) electrons. The molecule has 0 bridgehead atoms. The Labute approximate surface area is 283 Å². The zero-order valence-electron chi connectivity index (χ0n) is 28.0. The first kappa shape index (κ1) is 38.2. The molecule has 0 spiro atoms. The van der Waals surface area contributed by atoms with Crippen molar-refractivity contribution in [3.63, 3.8) is 0 Å². The molecule has 12 heteroatoms. The van der Waals surface area contributed by atoms with Gasteiger partial charge in [0.1, 0.15) is 6.04 Å². The maximum atomic E-state index is 13.3. The molecule has 4 amide bonds. The summed E-state index contributed by atoms with van der Waals surface area (Å²) in [4.78, 5) is 50.7. The highest BCUT2D eigenvalue weighted by atomic mass is 16.6. The number of primary amides is 1. The Balaban J connectivity index is 1.15. The zero-order valence-corrected chi connectivity index (χ0v) is 28.0. The van der Waals surface area contributed by atoms with Gasteiger partial charge in [0, 0.05) is 43.5 Å². The highest BCUT2D eigenvalue weighted by Crippen LogP contribution is 2.26. The summed E-state index contributed by atoms with van der Waals surface area (Å²) in [5.41, 5.74) is 8.69. The average Bonchev–Trinajstić information content (AvgIpc) is 3.06. The summed E-state index contributed by atoms with van der Waals surface area (Å²) >= 11 is 0. The van der Waals surface area contributed by atoms with E-state index in [0.717, 1.165) is 22.4 Å². The monoisotopic (exact) mass is 664 g/mol. The Bertz CT molecular complexity index is 1400. The molecule has 2 aromatic carbocycles. The van der Waals surface area contributed by atoms with Crippen LogP contribution in [0.1, 0.15) is 56.2 Å². The smallest absolute Gasteiger partial charge is 0.240 e. The van der Waals surface area contributed by atoms with Crippen molar-refractivity contribution >= 4 is 29.3 Å². The van der Waals surface area contributed by atoms with Gasteiger partial charge in [-0.3, -0.25) is 19.2 Å². The van der Waals surface area contributed by atoms with Gasteiger partial charge in [0.15, 0.2) is 0 Å². The number of benzene rings is 2. The summed E-state index contributed by atoms with van der Waals surface area (Å²) in [6, 6.07) is 14.7. The molecular formula is C36H48N4O8. The number of hydrogen-bond donors (Lipinski definition) is 3. The summed E-state index contributed by atoms with van der Waals surface area (Å²) in [6.07, 6.45) is 0.938. The third-order valence-corrected chi connectivity index (χ3v) is 7.41. The van der Waals surface area contributed by atoms with Crippen LogP contribution in [-0.2, 0) is 44.7 Å². The second-order valence-electron chi connectivity index (χ2n) is 11.5. The number of nitrogens with two attached hydrogens (primary N) is 1. The van der Waals surface area contributed by atoms with Crippen molar-refractivity contribution in [2.24, 2.45) is 11.7 Å². The second kappa shape index (κ2) is 21.6. The first-order valence-corrected chi connectivity index (χ1v) is 16.4. The standard InChI is InChI=1S/C36H48N4O8/c1-27(2)35(36(37)44)39-33(42)12-7-18-45-20-22-47-24-25-48-23-21-46-19-17-38-32(41)15-16-34(43)40-26-30-10-4-3-8-28(30)13-14-29-9-5-6-11-31(29)40/h3-6,8-11,27,35H,7,12,15-26H2,1-2H3,(H2,37,44)(H,38,41)(H,39,42). The van der Waals surface area contributed by atoms with E-state index in [4.69, 9.17) is 24.7 Å². The predicted molar refractivity (Wildman–Crippen MR) is 181 cm³/mol. The van der Waals surface area contributed by atoms with Gasteiger partial charge in [-0.15, -0.1) is 0 Å². The molecule has 0 saturated carbocycles. The van der Waals surface area contributed by atoms with Gasteiger partial charge in [0.05, 0.1) is 58.5 Å². The van der Waals surface area contributed by atoms with Crippen LogP contribution in [0.2, 0.25) is 0 Å². The maximum Gasteiger partial charge on any atom is 0.240 e. The largest absolute Gasteiger partial charge is 0.379 e. The van der Waals surface area contributed by atoms with Crippen LogP contribution in [-0.4, -0.2) is 89.1 Å². The van der Waals surface area contributed by atoms with Crippen LogP contribution in [0.25, 0.3) is 0 Å². The number of fused-ring (bicyclic) bond motifs is 2. The lowest BCUT2D eigenvalue weighted by Crippen LogP contribution is -2.47. The molecule has 0 aliphatic carbocycles. The van der Waals surface area contributed by atoms with E-state index < -0.39 is 11.9 Å². The van der Waals surface area contributed by atoms with Crippen LogP contribution < -0.4 is 21.3 Å². The third kappa shape index (κ3) is 13.8. The molecule has 2 aromatic rings. The number of rotatable bonds is 22. The molecule has 1 unspecified atom stereocenters. The van der Waals surface area contributed by atoms with E-state index in [1.165, 1.54) is 0 Å². The average molecular weight is 665 g/mol. The van der Waals surface area contributed by atoms with Gasteiger partial charge in [-0.2, -0.15) is 0 Å². The predicted octanol–water partition coefficient (Wildman–Crippen LogP) is 2.30. The van der Waals surface area contributed by atoms with Gasteiger partial charge < -0.3 is 40.2 Å². The van der Waals surface area contributed by atoms with Crippen LogP contribution in [0.4, 0.5) is 5.69 Å². The molecule has 1 heterocycles. The van der Waals surface area contributed by atoms with Gasteiger partial charge in [0.2, 0.25) is 23.6 Å². The van der Waals surface area contributed by atoms with E-state index in [-0.39, 0.29) is 42.9 Å². The van der Waals surface area contributed by atoms with Crippen molar-refractivity contribution in [3.8, 4) is 11.8 Å². The van der Waals surface area contributed by atoms with E-state index >= 15 is 0 Å². The summed E-state index contributed by atoms with van der Waals surface area (Å²) in [5.74, 6) is 5.20. The molecule has 0 fully saturated rings. The normalized spacial score (nSPS) is 12.5. The summed E-state index contributed by atoms with van der Waals surface area (Å²) in [5, 5.41) is 5.44. The van der Waals surface area contributed by atoms with Crippen LogP contribution in [0.3, 0.4) is 0 Å². The van der Waals surface area contributed by atoms with Crippen molar-refractivity contribution in [2.75, 3.05) is 64.3 Å². The van der Waals surface area contributed by atoms with Gasteiger partial charge in [-0.1, -0.05) is 56.0 Å². The molecular weight excluding hydrogens is 616 g/mol. The summed E-state index contributed by atoms with van der Waals surface area (Å²) in [6.45, 7) is 7.50. The Kier molecular flexibility index (Phi) is 17.1. The lowest BCUT2D eigenvalue weighted by molar-refractivity contribution is -0.128. The highest BCUT2D eigenvalue weighted by molar-refractivity contribution is 5.97. The van der Waals surface area contributed by atoms with Crippen molar-refractivity contribution in [1.82, 2.24) is 10.6 Å². The van der Waals surface area contributed by atoms with Crippen molar-refractivity contribution in [2.45, 2.75) is 52.1 Å². The number of anilines is 1. The number of hydrogen-bond acceptors (Lipinski definition) is 8. The lowest BCUT2D eigenvalue weighted by Gasteiger charge is -2.26. The Morgan fingerprint density at radius 2 is 1.33 bits per heavy atom. The number of para-hydroxylation sites is 1. The Morgan fingerprint density at radius 3 is 2.00 bits per heavy atom. The second-order valence-corrected chi connectivity index (χ2v) is 11.5. The zero-order chi connectivity index (χ0) is 34.6. The lowest BCUT2D eigenvalue weighted by atomic mass is 10.0. The van der Waals surface area contributed by atoms with Crippen molar-refractivity contribution < 1.29 is 38.1 Å². The fourth-order valence-electron chi connectivity index (χ4n) is 4.82. The van der Waals surface area contributed by atoms with Crippen LogP contribution in [0.5, 0.6) is 0 Å². The Morgan fingerprint density at radius 1 is 0.750 bits per heavy atom. The fourth-order valence-corrected chi connectivity index (χ4v) is 4.82. The van der Waals surface area contributed by atoms with Gasteiger partial charge in [0.25, 0.3) is 0 Å². The highest BCUT2D eigenvalue weighted by Gasteiger charge is 2.22. The van der Waals surface area contributed by atoms with Crippen LogP contribution in [0.15, 0.2) is 48.5 Å². The van der Waals surface area contributed by atoms with E-state index in [1.54, 1.807) is 4.90 Å². The van der Waals surface area contributed by atoms with E-state index in [1.807, 2.05) is 62.4 Å². The SMILES string of the molecule is CC(C)C(NC(=O)CCCOCCOCCOCCOCCNC(=O)CCC(=O)N1Cc2ccccc2C#Cc2ccccc21)C(N)=O. The first-order chi connectivity index (χ1) is 23.3. The number of carbonyl (C=O) groups excluding carboxylic acids is 4. The fraction of sp³-hybridized carbons (Fsp3) is 0.500. The minimum Gasteiger partial charge on any atom is -0.379 e. The molecule has 3 rings (SSSR count). The molecule has 1 aliphatic rings. The number of ether oxygens (including phenoxy) is 4. The number of carbonyl (C=O) groups is 4. The molecule has 1 aliphatic heterocycles. The quantitative estimate of drug-likeness (QED) is 0.128. The van der Waals surface area contributed by atoms with Crippen molar-refractivity contribution in [3.05, 3.63) is 65.2 Å². The molecule has 4 N–H and O–H groups in total. The van der Waals surface area contributed by atoms with Crippen LogP contribution in [0, 0.1) is 17.8 Å². The maximum absolute atomic E-state index is 13.3. The van der Waals surface area contributed by atoms with Gasteiger partial charge >= 0.3 is 0 Å². The molecule has 12 nitrogen and oxygen atoms in total. The van der Waals surface area contributed by atoms with Gasteiger partial charge in [-0.25, -0.2) is 0 Å². The molecule has 48 heavy (non-hydrogen) atoms. The minimum atomic E-state index is -0.667. The molecule has 0 saturated heterocycles. The number of nitrogens with zero attached hydrogens (tertiary/aromatic N) is 1. The van der Waals surface area contributed by atoms with E-state index in [2.05, 4.69) is 22.5 Å². The minimum absolute atomic E-state index is 0.0665. The van der Waals surface area contributed by atoms with E-state index in [9.17, 15) is 19.2 Å². The number of amides is 4. The third-order valence-electron chi connectivity index (χ3n) is 7.41. The molecule has 0 aromatic heterocycles. The van der Waals surface area contributed by atoms with Gasteiger partial charge in [-0.05, 0) is 36.1 Å². The number of nitrogens with one attached hydrogen (secondary N) is 2.